The van der Waals surface area contributed by atoms with E-state index in [9.17, 15) is 14.3 Å². The van der Waals surface area contributed by atoms with Crippen LogP contribution in [0.25, 0.3) is 11.1 Å². The van der Waals surface area contributed by atoms with E-state index in [0.29, 0.717) is 5.56 Å². The summed E-state index contributed by atoms with van der Waals surface area (Å²) in [4.78, 5) is 10.6. The molecule has 0 radical (unpaired) electrons. The number of aromatic hydroxyl groups is 1. The van der Waals surface area contributed by atoms with Crippen LogP contribution in [0.4, 0.5) is 4.39 Å². The summed E-state index contributed by atoms with van der Waals surface area (Å²) in [6.07, 6.45) is -0.320. The number of aliphatic carboxylic acids is 1. The molecule has 114 valence electrons. The van der Waals surface area contributed by atoms with Crippen LogP contribution < -0.4 is 0 Å². The Kier molecular flexibility index (Phi) is 4.73. The first-order valence-electron chi connectivity index (χ1n) is 6.53. The quantitative estimate of drug-likeness (QED) is 0.449. The summed E-state index contributed by atoms with van der Waals surface area (Å²) < 4.78 is 14.2. The molecule has 0 amide bonds. The Balaban J connectivity index is 2.29. The molecule has 0 fully saturated rings. The van der Waals surface area contributed by atoms with Gasteiger partial charge >= 0.3 is 5.97 Å². The molecular weight excluding hydrogens is 289 g/mol. The van der Waals surface area contributed by atoms with Gasteiger partial charge < -0.3 is 15.4 Å². The molecule has 5 nitrogen and oxygen atoms in total. The summed E-state index contributed by atoms with van der Waals surface area (Å²) in [6.45, 7) is 0. The minimum absolute atomic E-state index is 0.0165. The normalized spacial score (nSPS) is 11.4. The number of halogens is 1. The molecule has 0 atom stereocenters. The summed E-state index contributed by atoms with van der Waals surface area (Å²) in [7, 11) is 0. The third kappa shape index (κ3) is 3.60. The van der Waals surface area contributed by atoms with Crippen molar-refractivity contribution in [2.24, 2.45) is 5.16 Å². The summed E-state index contributed by atoms with van der Waals surface area (Å²) >= 11 is 0. The van der Waals surface area contributed by atoms with Crippen molar-refractivity contribution in [3.63, 3.8) is 0 Å². The molecule has 0 aliphatic carbocycles. The average Bonchev–Trinajstić information content (AvgIpc) is 2.49. The maximum atomic E-state index is 14.2. The summed E-state index contributed by atoms with van der Waals surface area (Å²) in [5.41, 5.74) is 1.36. The average molecular weight is 303 g/mol. The lowest BCUT2D eigenvalue weighted by atomic mass is 9.99. The van der Waals surface area contributed by atoms with Crippen LogP contribution in [0.15, 0.2) is 47.6 Å². The van der Waals surface area contributed by atoms with Crippen LogP contribution in [-0.2, 0) is 4.79 Å². The molecule has 2 rings (SSSR count). The highest BCUT2D eigenvalue weighted by Gasteiger charge is 2.13. The van der Waals surface area contributed by atoms with Crippen LogP contribution in [0.1, 0.15) is 18.4 Å². The zero-order valence-corrected chi connectivity index (χ0v) is 11.5. The van der Waals surface area contributed by atoms with Gasteiger partial charge in [-0.15, -0.1) is 0 Å². The van der Waals surface area contributed by atoms with Gasteiger partial charge in [0.25, 0.3) is 0 Å². The standard InChI is InChI=1S/C16H14FNO4/c17-14-9-11(10-1-4-12(19)5-2-10)3-6-13(14)15(18-22)7-8-16(20)21/h1-6,9,19,22H,7-8H2,(H,20,21). The van der Waals surface area contributed by atoms with E-state index >= 15 is 0 Å². The largest absolute Gasteiger partial charge is 0.508 e. The molecule has 0 spiro atoms. The molecule has 0 bridgehead atoms. The summed E-state index contributed by atoms with van der Waals surface area (Å²) in [5, 5.41) is 29.8. The van der Waals surface area contributed by atoms with Gasteiger partial charge in [-0.3, -0.25) is 4.79 Å². The second kappa shape index (κ2) is 6.71. The smallest absolute Gasteiger partial charge is 0.303 e. The number of hydrogen-bond acceptors (Lipinski definition) is 4. The number of rotatable bonds is 5. The van der Waals surface area contributed by atoms with E-state index in [0.717, 1.165) is 5.56 Å². The lowest BCUT2D eigenvalue weighted by Gasteiger charge is -2.08. The maximum Gasteiger partial charge on any atom is 0.303 e. The zero-order valence-electron chi connectivity index (χ0n) is 11.5. The van der Waals surface area contributed by atoms with Gasteiger partial charge in [0.15, 0.2) is 0 Å². The molecule has 3 N–H and O–H groups in total. The first kappa shape index (κ1) is 15.5. The van der Waals surface area contributed by atoms with Crippen molar-refractivity contribution < 1.29 is 24.6 Å². The van der Waals surface area contributed by atoms with Gasteiger partial charge in [0, 0.05) is 12.0 Å². The maximum absolute atomic E-state index is 14.2. The minimum atomic E-state index is -1.05. The predicted octanol–water partition coefficient (Wildman–Crippen LogP) is 3.24. The van der Waals surface area contributed by atoms with Crippen LogP contribution in [0.3, 0.4) is 0 Å². The summed E-state index contributed by atoms with van der Waals surface area (Å²) in [6, 6.07) is 10.6. The Morgan fingerprint density at radius 3 is 2.23 bits per heavy atom. The predicted molar refractivity (Wildman–Crippen MR) is 78.7 cm³/mol. The van der Waals surface area contributed by atoms with Crippen molar-refractivity contribution in [3.8, 4) is 16.9 Å². The third-order valence-electron chi connectivity index (χ3n) is 3.18. The van der Waals surface area contributed by atoms with Crippen molar-refractivity contribution in [1.82, 2.24) is 0 Å². The SMILES string of the molecule is O=C(O)CCC(=NO)c1ccc(-c2ccc(O)cc2)cc1F. The van der Waals surface area contributed by atoms with Crippen LogP contribution >= 0.6 is 0 Å². The topological polar surface area (TPSA) is 90.1 Å². The van der Waals surface area contributed by atoms with Crippen molar-refractivity contribution >= 4 is 11.7 Å². The van der Waals surface area contributed by atoms with E-state index in [2.05, 4.69) is 5.16 Å². The second-order valence-electron chi connectivity index (χ2n) is 4.68. The molecule has 0 saturated carbocycles. The first-order valence-corrected chi connectivity index (χ1v) is 6.53. The number of nitrogens with zero attached hydrogens (tertiary/aromatic N) is 1. The fourth-order valence-corrected chi connectivity index (χ4v) is 2.05. The molecule has 2 aromatic carbocycles. The van der Waals surface area contributed by atoms with E-state index in [-0.39, 0.29) is 29.9 Å². The van der Waals surface area contributed by atoms with Crippen LogP contribution in [0.2, 0.25) is 0 Å². The van der Waals surface area contributed by atoms with E-state index in [4.69, 9.17) is 10.3 Å². The molecule has 0 unspecified atom stereocenters. The lowest BCUT2D eigenvalue weighted by Crippen LogP contribution is -2.07. The van der Waals surface area contributed by atoms with Gasteiger partial charge in [0.1, 0.15) is 11.6 Å². The number of phenols is 1. The van der Waals surface area contributed by atoms with Crippen molar-refractivity contribution in [1.29, 1.82) is 0 Å². The van der Waals surface area contributed by atoms with Gasteiger partial charge in [0.05, 0.1) is 12.1 Å². The number of oxime groups is 1. The fourth-order valence-electron chi connectivity index (χ4n) is 2.05. The minimum Gasteiger partial charge on any atom is -0.508 e. The number of hydrogen-bond donors (Lipinski definition) is 3. The lowest BCUT2D eigenvalue weighted by molar-refractivity contribution is -0.136. The molecule has 0 heterocycles. The monoisotopic (exact) mass is 303 g/mol. The van der Waals surface area contributed by atoms with Gasteiger partial charge in [-0.2, -0.15) is 0 Å². The number of carbonyl (C=O) groups is 1. The van der Waals surface area contributed by atoms with Crippen molar-refractivity contribution in [2.45, 2.75) is 12.8 Å². The highest BCUT2D eigenvalue weighted by atomic mass is 19.1. The molecule has 2 aromatic rings. The molecule has 0 aliphatic rings. The Morgan fingerprint density at radius 2 is 1.68 bits per heavy atom. The third-order valence-corrected chi connectivity index (χ3v) is 3.18. The Morgan fingerprint density at radius 1 is 1.05 bits per heavy atom. The number of carboxylic acid groups (broad SMARTS) is 1. The van der Waals surface area contributed by atoms with Gasteiger partial charge in [-0.25, -0.2) is 4.39 Å². The molecule has 0 aliphatic heterocycles. The molecule has 22 heavy (non-hydrogen) atoms. The Hall–Kier alpha value is -2.89. The van der Waals surface area contributed by atoms with E-state index < -0.39 is 11.8 Å². The van der Waals surface area contributed by atoms with Crippen molar-refractivity contribution in [3.05, 3.63) is 53.8 Å². The Labute approximate surface area is 126 Å². The zero-order chi connectivity index (χ0) is 16.1. The molecule has 0 saturated heterocycles. The highest BCUT2D eigenvalue weighted by molar-refractivity contribution is 6.01. The van der Waals surface area contributed by atoms with Crippen LogP contribution in [-0.4, -0.2) is 27.1 Å². The first-order chi connectivity index (χ1) is 10.5. The number of benzene rings is 2. The number of carboxylic acids is 1. The Bertz CT molecular complexity index is 711. The second-order valence-corrected chi connectivity index (χ2v) is 4.68. The summed E-state index contributed by atoms with van der Waals surface area (Å²) in [5.74, 6) is -1.55. The number of phenolic OH excluding ortho intramolecular Hbond substituents is 1. The van der Waals surface area contributed by atoms with E-state index in [1.54, 1.807) is 18.2 Å². The van der Waals surface area contributed by atoms with Crippen LogP contribution in [0.5, 0.6) is 5.75 Å². The van der Waals surface area contributed by atoms with Gasteiger partial charge in [0.2, 0.25) is 0 Å². The van der Waals surface area contributed by atoms with E-state index in [1.807, 2.05) is 0 Å². The molecule has 0 aromatic heterocycles. The van der Waals surface area contributed by atoms with Gasteiger partial charge in [-0.05, 0) is 35.4 Å². The van der Waals surface area contributed by atoms with Crippen molar-refractivity contribution in [2.75, 3.05) is 0 Å². The van der Waals surface area contributed by atoms with Crippen LogP contribution in [0, 0.1) is 5.82 Å². The fraction of sp³-hybridized carbons (Fsp3) is 0.125. The van der Waals surface area contributed by atoms with Gasteiger partial charge in [-0.1, -0.05) is 23.4 Å². The van der Waals surface area contributed by atoms with E-state index in [1.165, 1.54) is 24.3 Å². The highest BCUT2D eigenvalue weighted by Crippen LogP contribution is 2.24. The molecular formula is C16H14FNO4. The molecule has 6 heteroatoms.